The van der Waals surface area contributed by atoms with Crippen LogP contribution in [-0.4, -0.2) is 45.9 Å². The molecule has 4 aliphatic rings. The summed E-state index contributed by atoms with van der Waals surface area (Å²) in [5.41, 5.74) is 0.145. The first-order valence-electron chi connectivity index (χ1n) is 12.9. The average Bonchev–Trinajstić information content (AvgIpc) is 3.10. The molecule has 0 radical (unpaired) electrons. The summed E-state index contributed by atoms with van der Waals surface area (Å²) in [4.78, 5) is 22.7. The first-order chi connectivity index (χ1) is 15.1. The number of rotatable bonds is 6. The minimum atomic E-state index is -1.02. The number of aliphatic carboxylic acids is 1. The van der Waals surface area contributed by atoms with Gasteiger partial charge in [-0.2, -0.15) is 0 Å². The van der Waals surface area contributed by atoms with Crippen LogP contribution in [0.2, 0.25) is 0 Å². The molecule has 4 saturated carbocycles. The van der Waals surface area contributed by atoms with E-state index in [1.165, 1.54) is 12.8 Å². The lowest BCUT2D eigenvalue weighted by Crippen LogP contribution is -2.58. The Morgan fingerprint density at radius 2 is 1.78 bits per heavy atom. The number of carboxylic acids is 1. The Morgan fingerprint density at radius 1 is 1.03 bits per heavy atom. The fourth-order valence-electron chi connectivity index (χ4n) is 8.98. The van der Waals surface area contributed by atoms with Crippen molar-refractivity contribution in [2.24, 2.45) is 46.3 Å². The summed E-state index contributed by atoms with van der Waals surface area (Å²) in [6.45, 7) is 6.65. The molecule has 5 unspecified atom stereocenters. The molecule has 10 atom stereocenters. The van der Waals surface area contributed by atoms with Crippen molar-refractivity contribution < 1.29 is 24.9 Å². The second-order valence-electron chi connectivity index (χ2n) is 12.1. The van der Waals surface area contributed by atoms with Gasteiger partial charge in [0.05, 0.1) is 12.2 Å². The topological polar surface area (TPSA) is 107 Å². The lowest BCUT2D eigenvalue weighted by molar-refractivity contribution is -0.175. The van der Waals surface area contributed by atoms with Crippen LogP contribution < -0.4 is 5.32 Å². The zero-order chi connectivity index (χ0) is 23.3. The number of hydrogen-bond acceptors (Lipinski definition) is 4. The van der Waals surface area contributed by atoms with Crippen LogP contribution in [0.25, 0.3) is 0 Å². The maximum Gasteiger partial charge on any atom is 0.322 e. The molecule has 0 aromatic rings. The van der Waals surface area contributed by atoms with E-state index in [1.54, 1.807) is 0 Å². The van der Waals surface area contributed by atoms with Crippen LogP contribution in [0.4, 0.5) is 0 Å². The molecule has 182 valence electrons. The Morgan fingerprint density at radius 3 is 2.50 bits per heavy atom. The minimum absolute atomic E-state index is 0.102. The molecule has 0 heterocycles. The van der Waals surface area contributed by atoms with Crippen LogP contribution in [-0.2, 0) is 9.59 Å². The highest BCUT2D eigenvalue weighted by Crippen LogP contribution is 2.68. The number of nitrogens with one attached hydrogen (secondary N) is 1. The Labute approximate surface area is 192 Å². The summed E-state index contributed by atoms with van der Waals surface area (Å²) in [5.74, 6) is 1.84. The van der Waals surface area contributed by atoms with E-state index in [1.807, 2.05) is 0 Å². The van der Waals surface area contributed by atoms with E-state index in [4.69, 9.17) is 5.11 Å². The molecule has 0 aliphatic heterocycles. The zero-order valence-corrected chi connectivity index (χ0v) is 20.1. The summed E-state index contributed by atoms with van der Waals surface area (Å²) in [6, 6.07) is 0. The van der Waals surface area contributed by atoms with Crippen LogP contribution in [0.5, 0.6) is 0 Å². The maximum atomic E-state index is 12.0. The van der Waals surface area contributed by atoms with Crippen molar-refractivity contribution in [2.75, 3.05) is 6.54 Å². The molecule has 6 nitrogen and oxygen atoms in total. The highest BCUT2D eigenvalue weighted by atomic mass is 16.4. The van der Waals surface area contributed by atoms with Gasteiger partial charge >= 0.3 is 5.97 Å². The number of carbonyl (C=O) groups is 2. The van der Waals surface area contributed by atoms with Gasteiger partial charge in [-0.25, -0.2) is 0 Å². The fraction of sp³-hybridized carbons (Fsp3) is 0.923. The van der Waals surface area contributed by atoms with E-state index < -0.39 is 5.97 Å². The van der Waals surface area contributed by atoms with Crippen molar-refractivity contribution in [1.82, 2.24) is 5.32 Å². The lowest BCUT2D eigenvalue weighted by atomic mass is 9.43. The molecular weight excluding hydrogens is 406 g/mol. The predicted octanol–water partition coefficient (Wildman–Crippen LogP) is 3.59. The molecule has 4 fully saturated rings. The van der Waals surface area contributed by atoms with Crippen molar-refractivity contribution >= 4 is 11.9 Å². The van der Waals surface area contributed by atoms with Gasteiger partial charge in [0.1, 0.15) is 6.54 Å². The molecular formula is C26H43NO5. The number of hydrogen-bond donors (Lipinski definition) is 4. The van der Waals surface area contributed by atoms with Gasteiger partial charge in [0.2, 0.25) is 5.91 Å². The number of aliphatic hydroxyl groups is 2. The van der Waals surface area contributed by atoms with E-state index in [0.29, 0.717) is 41.9 Å². The number of carboxylic acid groups (broad SMARTS) is 1. The van der Waals surface area contributed by atoms with Crippen molar-refractivity contribution in [3.63, 3.8) is 0 Å². The third-order valence-corrected chi connectivity index (χ3v) is 10.8. The zero-order valence-electron chi connectivity index (χ0n) is 20.1. The van der Waals surface area contributed by atoms with Gasteiger partial charge in [0.15, 0.2) is 0 Å². The monoisotopic (exact) mass is 449 g/mol. The standard InChI is InChI=1S/C26H43NO5/c1-15(4-9-23(30)27-14-24(31)32)19-7-8-20-18-6-5-16-12-17(28)10-11-25(16,2)21(18)13-22(29)26(19,20)3/h15-22,28-29H,4-14H2,1-3H3,(H,27,30)(H,31,32)/t15?,16?,17-,18?,19-,20?,21?,22+,25+,26-/m1/s1. The molecule has 4 aliphatic carbocycles. The number of fused-ring (bicyclic) bond motifs is 5. The maximum absolute atomic E-state index is 12.0. The van der Waals surface area contributed by atoms with E-state index in [0.717, 1.165) is 44.9 Å². The van der Waals surface area contributed by atoms with Crippen LogP contribution in [0, 0.1) is 46.3 Å². The highest BCUT2D eigenvalue weighted by molar-refractivity contribution is 5.81. The highest BCUT2D eigenvalue weighted by Gasteiger charge is 2.63. The second-order valence-corrected chi connectivity index (χ2v) is 12.1. The largest absolute Gasteiger partial charge is 0.480 e. The van der Waals surface area contributed by atoms with Gasteiger partial charge in [-0.3, -0.25) is 9.59 Å². The van der Waals surface area contributed by atoms with E-state index in [9.17, 15) is 19.8 Å². The quantitative estimate of drug-likeness (QED) is 0.496. The molecule has 4 rings (SSSR count). The molecule has 1 amide bonds. The Hall–Kier alpha value is -1.14. The smallest absolute Gasteiger partial charge is 0.322 e. The summed E-state index contributed by atoms with van der Waals surface area (Å²) in [5, 5.41) is 33.0. The Balaban J connectivity index is 1.45. The first-order valence-corrected chi connectivity index (χ1v) is 12.9. The number of carbonyl (C=O) groups excluding carboxylic acids is 1. The van der Waals surface area contributed by atoms with Gasteiger partial charge in [0.25, 0.3) is 0 Å². The summed E-state index contributed by atoms with van der Waals surface area (Å²) >= 11 is 0. The SMILES string of the molecule is CC(CCC(=O)NCC(=O)O)[C@H]1CCC2C3CCC4C[C@H](O)CC[C@]4(C)C3C[C@H](O)[C@@]21C. The van der Waals surface area contributed by atoms with Crippen molar-refractivity contribution in [3.05, 3.63) is 0 Å². The molecule has 0 aromatic carbocycles. The Bertz CT molecular complexity index is 727. The number of aliphatic hydroxyl groups excluding tert-OH is 2. The van der Waals surface area contributed by atoms with Gasteiger partial charge in [0, 0.05) is 6.42 Å². The molecule has 0 saturated heterocycles. The van der Waals surface area contributed by atoms with Gasteiger partial charge in [-0.1, -0.05) is 20.8 Å². The third-order valence-electron chi connectivity index (χ3n) is 10.8. The molecule has 0 bridgehead atoms. The van der Waals surface area contributed by atoms with E-state index in [2.05, 4.69) is 26.1 Å². The van der Waals surface area contributed by atoms with Gasteiger partial charge < -0.3 is 20.6 Å². The van der Waals surface area contributed by atoms with Crippen molar-refractivity contribution in [1.29, 1.82) is 0 Å². The van der Waals surface area contributed by atoms with Crippen LogP contribution in [0.3, 0.4) is 0 Å². The van der Waals surface area contributed by atoms with Crippen LogP contribution >= 0.6 is 0 Å². The third kappa shape index (κ3) is 4.00. The Kier molecular flexibility index (Phi) is 6.68. The summed E-state index contributed by atoms with van der Waals surface area (Å²) in [6.07, 6.45) is 9.12. The molecule has 6 heteroatoms. The molecule has 0 aromatic heterocycles. The van der Waals surface area contributed by atoms with E-state index in [-0.39, 0.29) is 35.5 Å². The first kappa shape index (κ1) is 24.0. The molecule has 4 N–H and O–H groups in total. The van der Waals surface area contributed by atoms with Gasteiger partial charge in [-0.15, -0.1) is 0 Å². The predicted molar refractivity (Wildman–Crippen MR) is 122 cm³/mol. The number of amides is 1. The lowest BCUT2D eigenvalue weighted by Gasteiger charge is -2.62. The normalized spacial score (nSPS) is 46.5. The minimum Gasteiger partial charge on any atom is -0.480 e. The molecule has 0 spiro atoms. The van der Waals surface area contributed by atoms with Crippen LogP contribution in [0.1, 0.15) is 85.0 Å². The van der Waals surface area contributed by atoms with Gasteiger partial charge in [-0.05, 0) is 104 Å². The average molecular weight is 450 g/mol. The fourth-order valence-corrected chi connectivity index (χ4v) is 8.98. The van der Waals surface area contributed by atoms with Crippen molar-refractivity contribution in [2.45, 2.75) is 97.2 Å². The molecule has 32 heavy (non-hydrogen) atoms. The van der Waals surface area contributed by atoms with E-state index >= 15 is 0 Å². The second kappa shape index (κ2) is 8.90. The summed E-state index contributed by atoms with van der Waals surface area (Å²) < 4.78 is 0. The van der Waals surface area contributed by atoms with Crippen molar-refractivity contribution in [3.8, 4) is 0 Å². The van der Waals surface area contributed by atoms with Crippen LogP contribution in [0.15, 0.2) is 0 Å². The summed E-state index contributed by atoms with van der Waals surface area (Å²) in [7, 11) is 0.